The molecule has 2 heterocycles. The van der Waals surface area contributed by atoms with Crippen LogP contribution in [0.5, 0.6) is 0 Å². The summed E-state index contributed by atoms with van der Waals surface area (Å²) in [5.41, 5.74) is 0. The lowest BCUT2D eigenvalue weighted by Crippen LogP contribution is -2.57. The molecule has 2 saturated heterocycles. The number of likely N-dealkylation sites (tertiary alicyclic amines) is 1. The van der Waals surface area contributed by atoms with Crippen LogP contribution in [0.1, 0.15) is 20.3 Å². The Balaban J connectivity index is 2.02. The van der Waals surface area contributed by atoms with E-state index in [9.17, 15) is 9.59 Å². The molecule has 0 aliphatic carbocycles. The number of rotatable bonds is 1. The van der Waals surface area contributed by atoms with Crippen molar-refractivity contribution in [3.8, 4) is 0 Å². The summed E-state index contributed by atoms with van der Waals surface area (Å²) in [5, 5.41) is 9.12. The van der Waals surface area contributed by atoms with Gasteiger partial charge in [0.25, 0.3) is 0 Å². The number of nitrogens with zero attached hydrogens (tertiary/aromatic N) is 3. The van der Waals surface area contributed by atoms with Gasteiger partial charge in [0.2, 0.25) is 0 Å². The SMILES string of the molecule is CC1CN(C)CCN1C(=O)N1CCC(C(=O)O)C1C. The third-order valence-electron chi connectivity index (χ3n) is 4.39. The second kappa shape index (κ2) is 5.36. The summed E-state index contributed by atoms with van der Waals surface area (Å²) in [4.78, 5) is 29.5. The van der Waals surface area contributed by atoms with E-state index in [-0.39, 0.29) is 18.1 Å². The van der Waals surface area contributed by atoms with Crippen molar-refractivity contribution in [3.63, 3.8) is 0 Å². The molecule has 0 aromatic heterocycles. The largest absolute Gasteiger partial charge is 0.481 e. The van der Waals surface area contributed by atoms with E-state index in [0.717, 1.165) is 19.6 Å². The highest BCUT2D eigenvalue weighted by Gasteiger charge is 2.40. The smallest absolute Gasteiger partial charge is 0.320 e. The molecule has 0 aromatic rings. The Bertz CT molecular complexity index is 374. The first-order valence-corrected chi connectivity index (χ1v) is 6.90. The summed E-state index contributed by atoms with van der Waals surface area (Å²) < 4.78 is 0. The van der Waals surface area contributed by atoms with Crippen molar-refractivity contribution in [2.75, 3.05) is 33.2 Å². The van der Waals surface area contributed by atoms with Gasteiger partial charge in [-0.05, 0) is 27.3 Å². The van der Waals surface area contributed by atoms with Gasteiger partial charge in [-0.3, -0.25) is 4.79 Å². The number of carbonyl (C=O) groups excluding carboxylic acids is 1. The van der Waals surface area contributed by atoms with Crippen LogP contribution >= 0.6 is 0 Å². The third-order valence-corrected chi connectivity index (χ3v) is 4.39. The highest BCUT2D eigenvalue weighted by molar-refractivity contribution is 5.78. The number of likely N-dealkylation sites (N-methyl/N-ethyl adjacent to an activating group) is 1. The van der Waals surface area contributed by atoms with Gasteiger partial charge >= 0.3 is 12.0 Å². The fourth-order valence-electron chi connectivity index (χ4n) is 3.13. The number of hydrogen-bond acceptors (Lipinski definition) is 3. The van der Waals surface area contributed by atoms with Crippen molar-refractivity contribution < 1.29 is 14.7 Å². The molecule has 0 radical (unpaired) electrons. The lowest BCUT2D eigenvalue weighted by molar-refractivity contribution is -0.142. The fraction of sp³-hybridized carbons (Fsp3) is 0.846. The highest BCUT2D eigenvalue weighted by Crippen LogP contribution is 2.26. The first kappa shape index (κ1) is 14.1. The Labute approximate surface area is 114 Å². The Morgan fingerprint density at radius 3 is 2.32 bits per heavy atom. The van der Waals surface area contributed by atoms with Gasteiger partial charge in [0.15, 0.2) is 0 Å². The lowest BCUT2D eigenvalue weighted by atomic mass is 10.0. The maximum atomic E-state index is 12.5. The van der Waals surface area contributed by atoms with Gasteiger partial charge in [-0.2, -0.15) is 0 Å². The lowest BCUT2D eigenvalue weighted by Gasteiger charge is -2.41. The second-order valence-corrected chi connectivity index (χ2v) is 5.75. The average molecular weight is 269 g/mol. The Morgan fingerprint density at radius 1 is 1.11 bits per heavy atom. The Hall–Kier alpha value is -1.30. The van der Waals surface area contributed by atoms with Gasteiger partial charge in [-0.25, -0.2) is 4.79 Å². The van der Waals surface area contributed by atoms with Crippen LogP contribution in [0.4, 0.5) is 4.79 Å². The zero-order chi connectivity index (χ0) is 14.2. The zero-order valence-corrected chi connectivity index (χ0v) is 11.9. The molecule has 1 N–H and O–H groups in total. The molecule has 0 aromatic carbocycles. The van der Waals surface area contributed by atoms with Crippen LogP contribution in [-0.2, 0) is 4.79 Å². The molecule has 2 aliphatic rings. The maximum Gasteiger partial charge on any atom is 0.320 e. The summed E-state index contributed by atoms with van der Waals surface area (Å²) >= 11 is 0. The molecule has 0 bridgehead atoms. The summed E-state index contributed by atoms with van der Waals surface area (Å²) in [7, 11) is 2.05. The normalized spacial score (nSPS) is 32.7. The number of carboxylic acid groups (broad SMARTS) is 1. The molecule has 2 amide bonds. The third kappa shape index (κ3) is 2.68. The molecule has 3 unspecified atom stereocenters. The van der Waals surface area contributed by atoms with Crippen molar-refractivity contribution in [2.24, 2.45) is 5.92 Å². The minimum absolute atomic E-state index is 0.00292. The first-order chi connectivity index (χ1) is 8.91. The predicted molar refractivity (Wildman–Crippen MR) is 71.0 cm³/mol. The summed E-state index contributed by atoms with van der Waals surface area (Å²) in [6.45, 7) is 6.90. The molecule has 2 aliphatic heterocycles. The molecule has 6 heteroatoms. The second-order valence-electron chi connectivity index (χ2n) is 5.75. The number of aliphatic carboxylic acids is 1. The van der Waals surface area contributed by atoms with E-state index in [2.05, 4.69) is 11.9 Å². The molecular weight excluding hydrogens is 246 g/mol. The molecule has 0 saturated carbocycles. The van der Waals surface area contributed by atoms with E-state index in [1.807, 2.05) is 18.7 Å². The molecule has 108 valence electrons. The van der Waals surface area contributed by atoms with Gasteiger partial charge in [-0.15, -0.1) is 0 Å². The van der Waals surface area contributed by atoms with Crippen molar-refractivity contribution in [2.45, 2.75) is 32.4 Å². The maximum absolute atomic E-state index is 12.5. The van der Waals surface area contributed by atoms with Crippen molar-refractivity contribution >= 4 is 12.0 Å². The van der Waals surface area contributed by atoms with E-state index in [0.29, 0.717) is 13.0 Å². The standard InChI is InChI=1S/C13H23N3O3/c1-9-8-14(3)6-7-15(9)13(19)16-5-4-11(10(16)2)12(17)18/h9-11H,4-8H2,1-3H3,(H,17,18). The molecule has 2 fully saturated rings. The summed E-state index contributed by atoms with van der Waals surface area (Å²) in [6, 6.07) is -0.0314. The summed E-state index contributed by atoms with van der Waals surface area (Å²) in [5.74, 6) is -1.22. The van der Waals surface area contributed by atoms with Gasteiger partial charge < -0.3 is 19.8 Å². The van der Waals surface area contributed by atoms with E-state index in [1.165, 1.54) is 0 Å². The molecule has 2 rings (SSSR count). The molecular formula is C13H23N3O3. The monoisotopic (exact) mass is 269 g/mol. The number of carboxylic acids is 1. The van der Waals surface area contributed by atoms with Gasteiger partial charge in [0.1, 0.15) is 0 Å². The molecule has 19 heavy (non-hydrogen) atoms. The number of carbonyl (C=O) groups is 2. The highest BCUT2D eigenvalue weighted by atomic mass is 16.4. The average Bonchev–Trinajstić information content (AvgIpc) is 2.70. The zero-order valence-electron chi connectivity index (χ0n) is 11.9. The van der Waals surface area contributed by atoms with E-state index in [1.54, 1.807) is 4.90 Å². The number of amides is 2. The molecule has 3 atom stereocenters. The van der Waals surface area contributed by atoms with Crippen molar-refractivity contribution in [1.29, 1.82) is 0 Å². The Kier molecular flexibility index (Phi) is 3.99. The topological polar surface area (TPSA) is 64.1 Å². The van der Waals surface area contributed by atoms with Crippen LogP contribution in [-0.4, -0.2) is 77.1 Å². The fourth-order valence-corrected chi connectivity index (χ4v) is 3.13. The van der Waals surface area contributed by atoms with E-state index in [4.69, 9.17) is 5.11 Å². The quantitative estimate of drug-likeness (QED) is 0.754. The summed E-state index contributed by atoms with van der Waals surface area (Å²) in [6.07, 6.45) is 0.560. The van der Waals surface area contributed by atoms with E-state index >= 15 is 0 Å². The minimum atomic E-state index is -0.797. The van der Waals surface area contributed by atoms with Crippen LogP contribution in [0, 0.1) is 5.92 Å². The molecule has 0 spiro atoms. The number of piperazine rings is 1. The van der Waals surface area contributed by atoms with Crippen LogP contribution in [0.15, 0.2) is 0 Å². The number of hydrogen-bond donors (Lipinski definition) is 1. The number of urea groups is 1. The Morgan fingerprint density at radius 2 is 1.79 bits per heavy atom. The van der Waals surface area contributed by atoms with Crippen LogP contribution in [0.3, 0.4) is 0 Å². The van der Waals surface area contributed by atoms with E-state index < -0.39 is 11.9 Å². The van der Waals surface area contributed by atoms with Crippen LogP contribution in [0.25, 0.3) is 0 Å². The van der Waals surface area contributed by atoms with Gasteiger partial charge in [-0.1, -0.05) is 0 Å². The predicted octanol–water partition coefficient (Wildman–Crippen LogP) is 0.537. The van der Waals surface area contributed by atoms with Crippen molar-refractivity contribution in [3.05, 3.63) is 0 Å². The van der Waals surface area contributed by atoms with Gasteiger partial charge in [0.05, 0.1) is 5.92 Å². The van der Waals surface area contributed by atoms with Crippen molar-refractivity contribution in [1.82, 2.24) is 14.7 Å². The van der Waals surface area contributed by atoms with Crippen LogP contribution < -0.4 is 0 Å². The minimum Gasteiger partial charge on any atom is -0.481 e. The van der Waals surface area contributed by atoms with Gasteiger partial charge in [0, 0.05) is 38.3 Å². The van der Waals surface area contributed by atoms with Crippen LogP contribution in [0.2, 0.25) is 0 Å². The first-order valence-electron chi connectivity index (χ1n) is 6.90. The molecule has 6 nitrogen and oxygen atoms in total.